The summed E-state index contributed by atoms with van der Waals surface area (Å²) in [6, 6.07) is 14.0. The van der Waals surface area contributed by atoms with Gasteiger partial charge in [0.15, 0.2) is 24.7 Å². The standard InChI is InChI=1S/C21H26N2O5/c1-4-23(5-2)21(25)15-28-19-13-9-8-12-18(19)27-14-20(24)22-16-10-6-7-11-17(16)26-3/h6-13H,4-5,14-15H2,1-3H3,(H,22,24). The summed E-state index contributed by atoms with van der Waals surface area (Å²) in [6.07, 6.45) is 0. The van der Waals surface area contributed by atoms with Crippen LogP contribution in [0.25, 0.3) is 0 Å². The zero-order valence-electron chi connectivity index (χ0n) is 16.4. The number of hydrogen-bond acceptors (Lipinski definition) is 5. The largest absolute Gasteiger partial charge is 0.495 e. The Bertz CT molecular complexity index is 790. The Morgan fingerprint density at radius 3 is 1.96 bits per heavy atom. The highest BCUT2D eigenvalue weighted by Gasteiger charge is 2.13. The summed E-state index contributed by atoms with van der Waals surface area (Å²) >= 11 is 0. The highest BCUT2D eigenvalue weighted by Crippen LogP contribution is 2.27. The summed E-state index contributed by atoms with van der Waals surface area (Å²) in [6.45, 7) is 4.79. The maximum atomic E-state index is 12.2. The monoisotopic (exact) mass is 386 g/mol. The van der Waals surface area contributed by atoms with Gasteiger partial charge in [0, 0.05) is 13.1 Å². The molecule has 0 heterocycles. The Morgan fingerprint density at radius 2 is 1.39 bits per heavy atom. The molecule has 0 saturated carbocycles. The van der Waals surface area contributed by atoms with Crippen molar-refractivity contribution < 1.29 is 23.8 Å². The average Bonchev–Trinajstić information content (AvgIpc) is 2.72. The van der Waals surface area contributed by atoms with Crippen molar-refractivity contribution in [3.63, 3.8) is 0 Å². The van der Waals surface area contributed by atoms with Crippen molar-refractivity contribution in [1.29, 1.82) is 0 Å². The molecule has 0 saturated heterocycles. The molecule has 0 aromatic heterocycles. The first-order valence-electron chi connectivity index (χ1n) is 9.14. The van der Waals surface area contributed by atoms with Gasteiger partial charge in [-0.1, -0.05) is 24.3 Å². The number of carbonyl (C=O) groups is 2. The van der Waals surface area contributed by atoms with Gasteiger partial charge < -0.3 is 24.4 Å². The summed E-state index contributed by atoms with van der Waals surface area (Å²) < 4.78 is 16.4. The van der Waals surface area contributed by atoms with Crippen molar-refractivity contribution in [3.05, 3.63) is 48.5 Å². The predicted octanol–water partition coefficient (Wildman–Crippen LogP) is 2.96. The van der Waals surface area contributed by atoms with Crippen LogP contribution in [0.2, 0.25) is 0 Å². The van der Waals surface area contributed by atoms with Crippen molar-refractivity contribution in [2.45, 2.75) is 13.8 Å². The lowest BCUT2D eigenvalue weighted by atomic mass is 10.3. The number of methoxy groups -OCH3 is 1. The molecule has 2 aromatic carbocycles. The number of para-hydroxylation sites is 4. The van der Waals surface area contributed by atoms with Crippen LogP contribution in [-0.2, 0) is 9.59 Å². The fraction of sp³-hybridized carbons (Fsp3) is 0.333. The predicted molar refractivity (Wildman–Crippen MR) is 107 cm³/mol. The van der Waals surface area contributed by atoms with Crippen LogP contribution in [0.5, 0.6) is 17.2 Å². The maximum absolute atomic E-state index is 12.2. The summed E-state index contributed by atoms with van der Waals surface area (Å²) in [5, 5.41) is 2.74. The minimum absolute atomic E-state index is 0.0878. The van der Waals surface area contributed by atoms with Crippen LogP contribution in [0.1, 0.15) is 13.8 Å². The van der Waals surface area contributed by atoms with Gasteiger partial charge in [0.05, 0.1) is 12.8 Å². The Kier molecular flexibility index (Phi) is 8.14. The number of benzene rings is 2. The third-order valence-electron chi connectivity index (χ3n) is 4.06. The van der Waals surface area contributed by atoms with Crippen LogP contribution in [0.4, 0.5) is 5.69 Å². The summed E-state index contributed by atoms with van der Waals surface area (Å²) in [4.78, 5) is 26.0. The van der Waals surface area contributed by atoms with Crippen LogP contribution in [0.3, 0.4) is 0 Å². The third-order valence-corrected chi connectivity index (χ3v) is 4.06. The van der Waals surface area contributed by atoms with E-state index in [2.05, 4.69) is 5.32 Å². The van der Waals surface area contributed by atoms with E-state index < -0.39 is 0 Å². The molecule has 0 radical (unpaired) electrons. The second-order valence-corrected chi connectivity index (χ2v) is 5.84. The molecule has 0 atom stereocenters. The van der Waals surface area contributed by atoms with Gasteiger partial charge in [-0.05, 0) is 38.1 Å². The normalized spacial score (nSPS) is 10.1. The fourth-order valence-corrected chi connectivity index (χ4v) is 2.57. The van der Waals surface area contributed by atoms with Gasteiger partial charge in [-0.25, -0.2) is 0 Å². The molecule has 0 spiro atoms. The molecule has 28 heavy (non-hydrogen) atoms. The molecule has 0 fully saturated rings. The molecule has 2 aromatic rings. The minimum Gasteiger partial charge on any atom is -0.495 e. The number of rotatable bonds is 10. The maximum Gasteiger partial charge on any atom is 0.262 e. The molecule has 0 bridgehead atoms. The number of amides is 2. The van der Waals surface area contributed by atoms with Crippen LogP contribution < -0.4 is 19.5 Å². The SMILES string of the molecule is CCN(CC)C(=O)COc1ccccc1OCC(=O)Nc1ccccc1OC. The third kappa shape index (κ3) is 5.90. The van der Waals surface area contributed by atoms with Gasteiger partial charge >= 0.3 is 0 Å². The van der Waals surface area contributed by atoms with Crippen molar-refractivity contribution in [2.75, 3.05) is 38.7 Å². The zero-order chi connectivity index (χ0) is 20.4. The zero-order valence-corrected chi connectivity index (χ0v) is 16.4. The van der Waals surface area contributed by atoms with E-state index in [1.54, 1.807) is 47.4 Å². The van der Waals surface area contributed by atoms with Gasteiger partial charge in [-0.2, -0.15) is 0 Å². The number of carbonyl (C=O) groups excluding carboxylic acids is 2. The van der Waals surface area contributed by atoms with E-state index in [0.717, 1.165) is 0 Å². The number of ether oxygens (including phenoxy) is 3. The second-order valence-electron chi connectivity index (χ2n) is 5.84. The summed E-state index contributed by atoms with van der Waals surface area (Å²) in [5.41, 5.74) is 0.563. The van der Waals surface area contributed by atoms with E-state index >= 15 is 0 Å². The van der Waals surface area contributed by atoms with E-state index in [9.17, 15) is 9.59 Å². The molecular formula is C21H26N2O5. The average molecular weight is 386 g/mol. The Labute approximate surface area is 165 Å². The van der Waals surface area contributed by atoms with E-state index in [-0.39, 0.29) is 25.0 Å². The number of anilines is 1. The molecular weight excluding hydrogens is 360 g/mol. The Balaban J connectivity index is 1.94. The highest BCUT2D eigenvalue weighted by molar-refractivity contribution is 5.93. The van der Waals surface area contributed by atoms with Gasteiger partial charge in [0.2, 0.25) is 0 Å². The Morgan fingerprint density at radius 1 is 0.857 bits per heavy atom. The number of hydrogen-bond donors (Lipinski definition) is 1. The first-order chi connectivity index (χ1) is 13.6. The topological polar surface area (TPSA) is 77.1 Å². The smallest absolute Gasteiger partial charge is 0.262 e. The van der Waals surface area contributed by atoms with E-state index in [4.69, 9.17) is 14.2 Å². The summed E-state index contributed by atoms with van der Waals surface area (Å²) in [5.74, 6) is 0.930. The van der Waals surface area contributed by atoms with Crippen LogP contribution in [-0.4, -0.2) is 50.1 Å². The van der Waals surface area contributed by atoms with E-state index in [1.165, 1.54) is 7.11 Å². The molecule has 150 valence electrons. The fourth-order valence-electron chi connectivity index (χ4n) is 2.57. The van der Waals surface area contributed by atoms with Crippen molar-refractivity contribution in [1.82, 2.24) is 4.90 Å². The molecule has 0 unspecified atom stereocenters. The quantitative estimate of drug-likeness (QED) is 0.679. The molecule has 7 heteroatoms. The lowest BCUT2D eigenvalue weighted by molar-refractivity contribution is -0.133. The van der Waals surface area contributed by atoms with Crippen molar-refractivity contribution >= 4 is 17.5 Å². The van der Waals surface area contributed by atoms with Gasteiger partial charge in [-0.15, -0.1) is 0 Å². The first kappa shape index (κ1) is 21.1. The molecule has 0 aliphatic rings. The van der Waals surface area contributed by atoms with Crippen LogP contribution in [0, 0.1) is 0 Å². The van der Waals surface area contributed by atoms with Crippen LogP contribution in [0.15, 0.2) is 48.5 Å². The molecule has 1 N–H and O–H groups in total. The van der Waals surface area contributed by atoms with E-state index in [0.29, 0.717) is 36.0 Å². The highest BCUT2D eigenvalue weighted by atomic mass is 16.5. The number of nitrogens with one attached hydrogen (secondary N) is 1. The first-order valence-corrected chi connectivity index (χ1v) is 9.14. The lowest BCUT2D eigenvalue weighted by Crippen LogP contribution is -2.34. The Hall–Kier alpha value is -3.22. The number of likely N-dealkylation sites (N-methyl/N-ethyl adjacent to an activating group) is 1. The van der Waals surface area contributed by atoms with Gasteiger partial charge in [0.1, 0.15) is 5.75 Å². The molecule has 7 nitrogen and oxygen atoms in total. The molecule has 2 amide bonds. The van der Waals surface area contributed by atoms with Gasteiger partial charge in [-0.3, -0.25) is 9.59 Å². The minimum atomic E-state index is -0.335. The van der Waals surface area contributed by atoms with Gasteiger partial charge in [0.25, 0.3) is 11.8 Å². The number of nitrogens with zero attached hydrogens (tertiary/aromatic N) is 1. The molecule has 0 aliphatic carbocycles. The molecule has 0 aliphatic heterocycles. The summed E-state index contributed by atoms with van der Waals surface area (Å²) in [7, 11) is 1.54. The van der Waals surface area contributed by atoms with Crippen molar-refractivity contribution in [2.24, 2.45) is 0 Å². The van der Waals surface area contributed by atoms with E-state index in [1.807, 2.05) is 19.9 Å². The lowest BCUT2D eigenvalue weighted by Gasteiger charge is -2.19. The second kappa shape index (κ2) is 10.8. The molecule has 2 rings (SSSR count). The van der Waals surface area contributed by atoms with Crippen molar-refractivity contribution in [3.8, 4) is 17.2 Å². The van der Waals surface area contributed by atoms with Crippen LogP contribution >= 0.6 is 0 Å².